The van der Waals surface area contributed by atoms with Gasteiger partial charge in [0.2, 0.25) is 0 Å². The van der Waals surface area contributed by atoms with Gasteiger partial charge in [0, 0.05) is 26.2 Å². The average Bonchev–Trinajstić information content (AvgIpc) is 2.78. The van der Waals surface area contributed by atoms with Gasteiger partial charge in [0.15, 0.2) is 0 Å². The van der Waals surface area contributed by atoms with Crippen molar-refractivity contribution in [2.75, 3.05) is 0 Å². The predicted molar refractivity (Wildman–Crippen MR) is 66.5 cm³/mol. The van der Waals surface area contributed by atoms with Crippen LogP contribution in [-0.2, 0) is 26.2 Å². The van der Waals surface area contributed by atoms with Gasteiger partial charge in [-0.3, -0.25) is 6.08 Å². The maximum atomic E-state index is 2.99. The maximum Gasteiger partial charge on any atom is 0 e. The van der Waals surface area contributed by atoms with Gasteiger partial charge in [-0.25, -0.2) is 12.2 Å². The largest absolute Gasteiger partial charge is 0.273 e. The van der Waals surface area contributed by atoms with Gasteiger partial charge in [-0.15, -0.1) is 14.6 Å². The van der Waals surface area contributed by atoms with Crippen LogP contribution in [0.15, 0.2) is 18.2 Å². The zero-order chi connectivity index (χ0) is 10.6. The first-order valence-corrected chi connectivity index (χ1v) is 5.97. The van der Waals surface area contributed by atoms with E-state index >= 15 is 0 Å². The Bertz CT molecular complexity index is 326. The van der Waals surface area contributed by atoms with E-state index in [0.717, 1.165) is 14.6 Å². The van der Waals surface area contributed by atoms with E-state index in [2.05, 4.69) is 39.8 Å². The standard InChI is InChI=1S/C8H13P.C5H5.Zr/c1-5-6(2)8(4)9-7(5)3;1-2-4-5-3-1;/h9H,1-4H3;1-3H,4H2;/q;-1;. The molecular weight excluding hydrogens is 278 g/mol. The number of rotatable bonds is 0. The molecule has 1 aromatic heterocycles. The second-order valence-electron chi connectivity index (χ2n) is 3.63. The van der Waals surface area contributed by atoms with Crippen LogP contribution < -0.4 is 0 Å². The normalized spacial score (nSPS) is 12.0. The van der Waals surface area contributed by atoms with Crippen molar-refractivity contribution in [3.05, 3.63) is 46.0 Å². The minimum absolute atomic E-state index is 0. The molecule has 1 aliphatic carbocycles. The molecule has 0 unspecified atom stereocenters. The van der Waals surface area contributed by atoms with E-state index < -0.39 is 0 Å². The molecule has 80 valence electrons. The van der Waals surface area contributed by atoms with Crippen LogP contribution >= 0.6 is 8.19 Å². The molecule has 1 heterocycles. The van der Waals surface area contributed by atoms with Crippen molar-refractivity contribution in [1.82, 2.24) is 0 Å². The molecule has 0 atom stereocenters. The van der Waals surface area contributed by atoms with E-state index in [-0.39, 0.29) is 26.2 Å². The Morgan fingerprint density at radius 2 is 1.60 bits per heavy atom. The van der Waals surface area contributed by atoms with E-state index in [4.69, 9.17) is 0 Å². The van der Waals surface area contributed by atoms with Gasteiger partial charge in [-0.05, 0) is 49.4 Å². The number of hydrogen-bond donors (Lipinski definition) is 0. The Balaban J connectivity index is 0.000000280. The van der Waals surface area contributed by atoms with Crippen molar-refractivity contribution < 1.29 is 26.2 Å². The molecule has 0 saturated heterocycles. The smallest absolute Gasteiger partial charge is 0 e. The maximum absolute atomic E-state index is 2.99. The molecule has 1 aliphatic rings. The summed E-state index contributed by atoms with van der Waals surface area (Å²) in [5.41, 5.74) is 3.04. The van der Waals surface area contributed by atoms with E-state index in [0.29, 0.717) is 0 Å². The fraction of sp³-hybridized carbons (Fsp3) is 0.385. The predicted octanol–water partition coefficient (Wildman–Crippen LogP) is 4.25. The summed E-state index contributed by atoms with van der Waals surface area (Å²) in [7, 11) is 0.976. The zero-order valence-corrected chi connectivity index (χ0v) is 13.4. The quantitative estimate of drug-likeness (QED) is 0.628. The summed E-state index contributed by atoms with van der Waals surface area (Å²) in [5, 5.41) is 3.15. The minimum Gasteiger partial charge on any atom is -0.273 e. The number of hydrogen-bond acceptors (Lipinski definition) is 0. The Labute approximate surface area is 114 Å². The van der Waals surface area contributed by atoms with Gasteiger partial charge in [0.1, 0.15) is 0 Å². The third-order valence-electron chi connectivity index (χ3n) is 2.65. The molecular formula is C13H18PZr-. The molecule has 2 heteroatoms. The first-order valence-electron chi connectivity index (χ1n) is 4.97. The van der Waals surface area contributed by atoms with Gasteiger partial charge in [-0.1, -0.05) is 0 Å². The molecule has 0 spiro atoms. The third-order valence-corrected chi connectivity index (χ3v) is 4.15. The molecule has 0 bridgehead atoms. The van der Waals surface area contributed by atoms with Crippen LogP contribution in [0.2, 0.25) is 0 Å². The number of aryl methyl sites for hydroxylation is 2. The molecule has 0 amide bonds. The van der Waals surface area contributed by atoms with Crippen molar-refractivity contribution in [3.63, 3.8) is 0 Å². The van der Waals surface area contributed by atoms with Crippen molar-refractivity contribution in [2.24, 2.45) is 0 Å². The van der Waals surface area contributed by atoms with E-state index in [1.807, 2.05) is 12.2 Å². The summed E-state index contributed by atoms with van der Waals surface area (Å²) in [6.45, 7) is 8.89. The molecule has 0 saturated carbocycles. The summed E-state index contributed by atoms with van der Waals surface area (Å²) in [5.74, 6) is 0. The van der Waals surface area contributed by atoms with E-state index in [1.54, 1.807) is 10.6 Å². The first kappa shape index (κ1) is 15.1. The van der Waals surface area contributed by atoms with Crippen molar-refractivity contribution in [3.8, 4) is 0 Å². The molecule has 0 fully saturated rings. The summed E-state index contributed by atoms with van der Waals surface area (Å²) in [4.78, 5) is 0. The van der Waals surface area contributed by atoms with Crippen LogP contribution in [-0.4, -0.2) is 0 Å². The molecule has 0 aromatic carbocycles. The van der Waals surface area contributed by atoms with Crippen molar-refractivity contribution in [1.29, 1.82) is 0 Å². The van der Waals surface area contributed by atoms with Crippen LogP contribution in [0.25, 0.3) is 0 Å². The molecule has 0 N–H and O–H groups in total. The van der Waals surface area contributed by atoms with Gasteiger partial charge >= 0.3 is 0 Å². The Morgan fingerprint density at radius 1 is 1.07 bits per heavy atom. The second-order valence-corrected chi connectivity index (χ2v) is 5.38. The number of allylic oxidation sites excluding steroid dienone is 4. The Morgan fingerprint density at radius 3 is 1.73 bits per heavy atom. The van der Waals surface area contributed by atoms with Crippen LogP contribution in [0.1, 0.15) is 28.1 Å². The third kappa shape index (κ3) is 4.67. The molecule has 2 rings (SSSR count). The fourth-order valence-corrected chi connectivity index (χ4v) is 2.68. The van der Waals surface area contributed by atoms with Crippen LogP contribution in [0, 0.1) is 33.8 Å². The van der Waals surface area contributed by atoms with Gasteiger partial charge in [0.05, 0.1) is 0 Å². The van der Waals surface area contributed by atoms with Gasteiger partial charge < -0.3 is 0 Å². The Hall–Kier alpha value is 0.143. The second kappa shape index (κ2) is 7.42. The van der Waals surface area contributed by atoms with Gasteiger partial charge in [-0.2, -0.15) is 6.08 Å². The van der Waals surface area contributed by atoms with Crippen molar-refractivity contribution >= 4 is 8.19 Å². The van der Waals surface area contributed by atoms with Gasteiger partial charge in [0.25, 0.3) is 0 Å². The van der Waals surface area contributed by atoms with Crippen LogP contribution in [0.5, 0.6) is 0 Å². The average molecular weight is 296 g/mol. The van der Waals surface area contributed by atoms with E-state index in [9.17, 15) is 0 Å². The fourth-order valence-electron chi connectivity index (χ4n) is 1.37. The van der Waals surface area contributed by atoms with E-state index in [1.165, 1.54) is 11.1 Å². The van der Waals surface area contributed by atoms with Crippen LogP contribution in [0.4, 0.5) is 0 Å². The van der Waals surface area contributed by atoms with Crippen LogP contribution in [0.3, 0.4) is 0 Å². The molecule has 15 heavy (non-hydrogen) atoms. The molecule has 0 nitrogen and oxygen atoms in total. The summed E-state index contributed by atoms with van der Waals surface area (Å²) in [6, 6.07) is 0. The Kier molecular flexibility index (Phi) is 7.49. The first-order chi connectivity index (χ1) is 6.63. The zero-order valence-electron chi connectivity index (χ0n) is 9.94. The minimum atomic E-state index is 0. The molecule has 0 radical (unpaired) electrons. The SMILES string of the molecule is Cc1[pH]c(C)c(C)c1C.[C-]1=CC=CC1.[Zr]. The van der Waals surface area contributed by atoms with Crippen molar-refractivity contribution in [2.45, 2.75) is 34.1 Å². The molecule has 1 aromatic rings. The summed E-state index contributed by atoms with van der Waals surface area (Å²) in [6.07, 6.45) is 10.0. The topological polar surface area (TPSA) is 0 Å². The summed E-state index contributed by atoms with van der Waals surface area (Å²) >= 11 is 0. The molecule has 0 aliphatic heterocycles. The summed E-state index contributed by atoms with van der Waals surface area (Å²) < 4.78 is 0. The monoisotopic (exact) mass is 295 g/mol.